The maximum absolute atomic E-state index is 13.7. The minimum atomic E-state index is -1.44. The molecule has 1 saturated heterocycles. The van der Waals surface area contributed by atoms with E-state index in [1.165, 1.54) is 0 Å². The number of carbonyl (C=O) groups is 1. The molecule has 4 atom stereocenters. The number of rotatable bonds is 9. The van der Waals surface area contributed by atoms with E-state index >= 15 is 0 Å². The van der Waals surface area contributed by atoms with Crippen LogP contribution in [0.15, 0.2) is 91.0 Å². The SMILES string of the molecule is CC(O)N1C(=O)[C@H](C(O[SiH](C)C)C(C)(C)C)[C@H]1SC(c1ccccc1)(c1ccccc1)c1ccccc1. The summed E-state index contributed by atoms with van der Waals surface area (Å²) in [5.41, 5.74) is 3.17. The molecule has 1 aliphatic heterocycles. The Balaban J connectivity index is 1.93. The number of aliphatic hydroxyl groups excluding tert-OH is 1. The monoisotopic (exact) mass is 533 g/mol. The molecule has 0 saturated carbocycles. The van der Waals surface area contributed by atoms with Gasteiger partial charge in [0.2, 0.25) is 5.91 Å². The van der Waals surface area contributed by atoms with Crippen molar-refractivity contribution in [2.24, 2.45) is 11.3 Å². The fourth-order valence-electron chi connectivity index (χ4n) is 5.34. The minimum absolute atomic E-state index is 0.0369. The first kappa shape index (κ1) is 27.6. The normalized spacial score (nSPS) is 20.0. The predicted octanol–water partition coefficient (Wildman–Crippen LogP) is 6.25. The molecule has 4 rings (SSSR count). The third-order valence-corrected chi connectivity index (χ3v) is 9.62. The Kier molecular flexibility index (Phi) is 8.34. The van der Waals surface area contributed by atoms with Gasteiger partial charge in [-0.3, -0.25) is 4.79 Å². The largest absolute Gasteiger partial charge is 0.416 e. The number of carbonyl (C=O) groups excluding carboxylic acids is 1. The molecule has 0 aliphatic carbocycles. The Bertz CT molecular complexity index is 1070. The van der Waals surface area contributed by atoms with Crippen LogP contribution < -0.4 is 0 Å². The average molecular weight is 534 g/mol. The van der Waals surface area contributed by atoms with Gasteiger partial charge < -0.3 is 14.4 Å². The van der Waals surface area contributed by atoms with Crippen LogP contribution in [0.2, 0.25) is 13.1 Å². The zero-order chi connectivity index (χ0) is 26.8. The van der Waals surface area contributed by atoms with Gasteiger partial charge >= 0.3 is 0 Å². The second kappa shape index (κ2) is 11.2. The number of likely N-dealkylation sites (tertiary alicyclic amines) is 1. The molecule has 1 N–H and O–H groups in total. The lowest BCUT2D eigenvalue weighted by atomic mass is 9.77. The standard InChI is InChI=1S/C31H39NO3SSi/c1-22(33)32-28(34)26(27(30(2,3)4)35-37(5)6)29(32)36-31(23-16-10-7-11-17-23,24-18-12-8-13-19-24)25-20-14-9-15-21-25/h7-22,26-27,29,33,37H,1-6H3/t22?,26-,27?,29+/m0/s1. The molecule has 0 bridgehead atoms. The molecule has 1 fully saturated rings. The van der Waals surface area contributed by atoms with Gasteiger partial charge in [-0.15, -0.1) is 11.8 Å². The first-order chi connectivity index (χ1) is 17.6. The van der Waals surface area contributed by atoms with Crippen LogP contribution in [0, 0.1) is 11.3 Å². The van der Waals surface area contributed by atoms with Crippen molar-refractivity contribution in [3.8, 4) is 0 Å². The number of aliphatic hydroxyl groups is 1. The molecule has 37 heavy (non-hydrogen) atoms. The molecule has 1 aliphatic rings. The summed E-state index contributed by atoms with van der Waals surface area (Å²) >= 11 is 1.74. The Hall–Kier alpha value is -2.38. The summed E-state index contributed by atoms with van der Waals surface area (Å²) in [5, 5.41) is 10.5. The molecule has 4 nitrogen and oxygen atoms in total. The van der Waals surface area contributed by atoms with E-state index in [4.69, 9.17) is 4.43 Å². The van der Waals surface area contributed by atoms with Crippen molar-refractivity contribution in [2.45, 2.75) is 63.2 Å². The molecular formula is C31H39NO3SSi. The zero-order valence-corrected chi connectivity index (χ0v) is 24.6. The lowest BCUT2D eigenvalue weighted by molar-refractivity contribution is -0.176. The van der Waals surface area contributed by atoms with Crippen LogP contribution in [-0.2, 0) is 14.0 Å². The predicted molar refractivity (Wildman–Crippen MR) is 156 cm³/mol. The molecule has 1 heterocycles. The van der Waals surface area contributed by atoms with Crippen molar-refractivity contribution >= 4 is 26.7 Å². The molecule has 2 unspecified atom stereocenters. The summed E-state index contributed by atoms with van der Waals surface area (Å²) in [6.07, 6.45) is -1.13. The van der Waals surface area contributed by atoms with Gasteiger partial charge in [-0.1, -0.05) is 112 Å². The van der Waals surface area contributed by atoms with E-state index in [9.17, 15) is 9.90 Å². The molecule has 6 heteroatoms. The van der Waals surface area contributed by atoms with Crippen LogP contribution in [0.3, 0.4) is 0 Å². The molecule has 1 amide bonds. The number of thioether (sulfide) groups is 1. The third-order valence-electron chi connectivity index (χ3n) is 6.96. The number of amides is 1. The number of benzene rings is 3. The highest BCUT2D eigenvalue weighted by Gasteiger charge is 2.59. The number of β-lactam (4-membered cyclic amide) rings is 1. The number of hydrogen-bond donors (Lipinski definition) is 1. The fourth-order valence-corrected chi connectivity index (χ4v) is 8.48. The summed E-state index contributed by atoms with van der Waals surface area (Å²) in [5.74, 6) is -0.393. The van der Waals surface area contributed by atoms with E-state index in [-0.39, 0.29) is 28.7 Å². The fraction of sp³-hybridized carbons (Fsp3) is 0.387. The molecule has 196 valence electrons. The lowest BCUT2D eigenvalue weighted by Crippen LogP contribution is -2.68. The average Bonchev–Trinajstić information content (AvgIpc) is 2.86. The van der Waals surface area contributed by atoms with Gasteiger partial charge in [-0.25, -0.2) is 0 Å². The first-order valence-electron chi connectivity index (χ1n) is 13.1. The topological polar surface area (TPSA) is 49.8 Å². The van der Waals surface area contributed by atoms with E-state index < -0.39 is 20.0 Å². The second-order valence-electron chi connectivity index (χ2n) is 11.2. The van der Waals surface area contributed by atoms with Crippen molar-refractivity contribution in [3.63, 3.8) is 0 Å². The van der Waals surface area contributed by atoms with Gasteiger partial charge in [0.25, 0.3) is 0 Å². The maximum Gasteiger partial charge on any atom is 0.234 e. The van der Waals surface area contributed by atoms with Crippen molar-refractivity contribution in [3.05, 3.63) is 108 Å². The second-order valence-corrected chi connectivity index (χ2v) is 14.9. The van der Waals surface area contributed by atoms with Gasteiger partial charge in [0, 0.05) is 0 Å². The Labute approximate surface area is 227 Å². The van der Waals surface area contributed by atoms with Crippen LogP contribution in [0.1, 0.15) is 44.4 Å². The summed E-state index contributed by atoms with van der Waals surface area (Å²) in [7, 11) is -1.44. The van der Waals surface area contributed by atoms with Gasteiger partial charge in [0.1, 0.15) is 6.23 Å². The van der Waals surface area contributed by atoms with E-state index in [1.807, 2.05) is 18.2 Å². The summed E-state index contributed by atoms with van der Waals surface area (Å²) in [6, 6.07) is 31.5. The van der Waals surface area contributed by atoms with Crippen molar-refractivity contribution in [1.82, 2.24) is 4.90 Å². The molecule has 0 radical (unpaired) electrons. The Morgan fingerprint density at radius 2 is 1.24 bits per heavy atom. The van der Waals surface area contributed by atoms with E-state index in [0.717, 1.165) is 16.7 Å². The maximum atomic E-state index is 13.7. The van der Waals surface area contributed by atoms with E-state index in [1.54, 1.807) is 23.6 Å². The summed E-state index contributed by atoms with van der Waals surface area (Å²) in [4.78, 5) is 15.3. The highest BCUT2D eigenvalue weighted by atomic mass is 32.2. The van der Waals surface area contributed by atoms with Crippen molar-refractivity contribution < 1.29 is 14.3 Å². The minimum Gasteiger partial charge on any atom is -0.416 e. The molecule has 0 aromatic heterocycles. The van der Waals surface area contributed by atoms with Crippen LogP contribution >= 0.6 is 11.8 Å². The Morgan fingerprint density at radius 1 is 0.838 bits per heavy atom. The van der Waals surface area contributed by atoms with Gasteiger partial charge in [0.15, 0.2) is 9.04 Å². The third kappa shape index (κ3) is 5.44. The van der Waals surface area contributed by atoms with Gasteiger partial charge in [0.05, 0.1) is 22.1 Å². The molecule has 3 aromatic carbocycles. The van der Waals surface area contributed by atoms with Crippen LogP contribution in [0.25, 0.3) is 0 Å². The molecule has 3 aromatic rings. The van der Waals surface area contributed by atoms with Gasteiger partial charge in [-0.2, -0.15) is 0 Å². The van der Waals surface area contributed by atoms with Crippen molar-refractivity contribution in [1.29, 1.82) is 0 Å². The van der Waals surface area contributed by atoms with Gasteiger partial charge in [-0.05, 0) is 42.1 Å². The molecule has 0 spiro atoms. The van der Waals surface area contributed by atoms with Crippen LogP contribution in [0.4, 0.5) is 0 Å². The summed E-state index contributed by atoms with van der Waals surface area (Å²) < 4.78 is 5.98. The lowest BCUT2D eigenvalue weighted by Gasteiger charge is -2.56. The summed E-state index contributed by atoms with van der Waals surface area (Å²) in [6.45, 7) is 12.4. The molecular weight excluding hydrogens is 494 g/mol. The zero-order valence-electron chi connectivity index (χ0n) is 22.7. The Morgan fingerprint density at radius 3 is 1.57 bits per heavy atom. The quantitative estimate of drug-likeness (QED) is 0.201. The highest BCUT2D eigenvalue weighted by molar-refractivity contribution is 8.01. The smallest absolute Gasteiger partial charge is 0.234 e. The van der Waals surface area contributed by atoms with Crippen LogP contribution in [-0.4, -0.2) is 42.7 Å². The number of hydrogen-bond acceptors (Lipinski definition) is 4. The van der Waals surface area contributed by atoms with Crippen molar-refractivity contribution in [2.75, 3.05) is 0 Å². The number of nitrogens with zero attached hydrogens (tertiary/aromatic N) is 1. The van der Waals surface area contributed by atoms with Crippen LogP contribution in [0.5, 0.6) is 0 Å². The van der Waals surface area contributed by atoms with E-state index in [0.29, 0.717) is 0 Å². The van der Waals surface area contributed by atoms with E-state index in [2.05, 4.69) is 107 Å². The highest BCUT2D eigenvalue weighted by Crippen LogP contribution is 2.56. The first-order valence-corrected chi connectivity index (χ1v) is 16.7.